The molecule has 160 valence electrons. The zero-order chi connectivity index (χ0) is 21.8. The van der Waals surface area contributed by atoms with Crippen molar-refractivity contribution in [1.82, 2.24) is 4.90 Å². The fraction of sp³-hybridized carbons (Fsp3) is 0.417. The Labute approximate surface area is 178 Å². The molecule has 3 rings (SSSR count). The van der Waals surface area contributed by atoms with Gasteiger partial charge in [-0.3, -0.25) is 9.59 Å². The highest BCUT2D eigenvalue weighted by molar-refractivity contribution is 6.00. The van der Waals surface area contributed by atoms with Crippen LogP contribution in [0.25, 0.3) is 0 Å². The van der Waals surface area contributed by atoms with Crippen molar-refractivity contribution in [3.05, 3.63) is 53.1 Å². The summed E-state index contributed by atoms with van der Waals surface area (Å²) in [4.78, 5) is 29.5. The molecule has 1 aliphatic rings. The lowest BCUT2D eigenvalue weighted by molar-refractivity contribution is -0.136. The Bertz CT molecular complexity index is 941. The van der Waals surface area contributed by atoms with Crippen LogP contribution < -0.4 is 14.4 Å². The van der Waals surface area contributed by atoms with Gasteiger partial charge in [-0.05, 0) is 55.7 Å². The molecule has 2 aromatic carbocycles. The Morgan fingerprint density at radius 2 is 1.87 bits per heavy atom. The SMILES string of the molecule is CCN(Cc1ccc(OC)c(OC)c1)C(=O)C1CC(=O)N(c2cccc(C)c2C)C1. The van der Waals surface area contributed by atoms with E-state index in [0.29, 0.717) is 31.1 Å². The number of hydrogen-bond donors (Lipinski definition) is 0. The lowest BCUT2D eigenvalue weighted by Crippen LogP contribution is -2.37. The van der Waals surface area contributed by atoms with Crippen LogP contribution in [-0.4, -0.2) is 44.0 Å². The molecule has 0 spiro atoms. The van der Waals surface area contributed by atoms with E-state index >= 15 is 0 Å². The molecule has 1 atom stereocenters. The number of amides is 2. The molecule has 0 aromatic heterocycles. The van der Waals surface area contributed by atoms with Crippen LogP contribution in [-0.2, 0) is 16.1 Å². The molecule has 0 aliphatic carbocycles. The van der Waals surface area contributed by atoms with E-state index in [-0.39, 0.29) is 24.2 Å². The van der Waals surface area contributed by atoms with Gasteiger partial charge in [0.05, 0.1) is 20.1 Å². The molecule has 1 unspecified atom stereocenters. The quantitative estimate of drug-likeness (QED) is 0.698. The molecule has 1 fully saturated rings. The van der Waals surface area contributed by atoms with Gasteiger partial charge in [-0.2, -0.15) is 0 Å². The van der Waals surface area contributed by atoms with Crippen molar-refractivity contribution in [3.63, 3.8) is 0 Å². The predicted molar refractivity (Wildman–Crippen MR) is 117 cm³/mol. The van der Waals surface area contributed by atoms with Gasteiger partial charge in [-0.25, -0.2) is 0 Å². The summed E-state index contributed by atoms with van der Waals surface area (Å²) < 4.78 is 10.7. The number of carbonyl (C=O) groups is 2. The molecule has 1 saturated heterocycles. The first-order valence-electron chi connectivity index (χ1n) is 10.3. The fourth-order valence-electron chi connectivity index (χ4n) is 3.94. The zero-order valence-electron chi connectivity index (χ0n) is 18.4. The van der Waals surface area contributed by atoms with Crippen molar-refractivity contribution in [2.75, 3.05) is 32.2 Å². The van der Waals surface area contributed by atoms with Gasteiger partial charge in [-0.15, -0.1) is 0 Å². The summed E-state index contributed by atoms with van der Waals surface area (Å²) in [5.41, 5.74) is 4.08. The van der Waals surface area contributed by atoms with Crippen LogP contribution in [0.3, 0.4) is 0 Å². The van der Waals surface area contributed by atoms with E-state index in [1.165, 1.54) is 0 Å². The van der Waals surface area contributed by atoms with Gasteiger partial charge in [0, 0.05) is 31.7 Å². The molecular formula is C24H30N2O4. The predicted octanol–water partition coefficient (Wildman–Crippen LogP) is 3.72. The Hall–Kier alpha value is -3.02. The van der Waals surface area contributed by atoms with Gasteiger partial charge in [0.15, 0.2) is 11.5 Å². The number of hydrogen-bond acceptors (Lipinski definition) is 4. The molecule has 0 saturated carbocycles. The smallest absolute Gasteiger partial charge is 0.228 e. The first-order chi connectivity index (χ1) is 14.4. The van der Waals surface area contributed by atoms with Crippen molar-refractivity contribution in [1.29, 1.82) is 0 Å². The average Bonchev–Trinajstić information content (AvgIpc) is 3.14. The summed E-state index contributed by atoms with van der Waals surface area (Å²) in [6, 6.07) is 11.6. The van der Waals surface area contributed by atoms with Gasteiger partial charge in [0.1, 0.15) is 0 Å². The minimum atomic E-state index is -0.336. The maximum Gasteiger partial charge on any atom is 0.228 e. The van der Waals surface area contributed by atoms with Gasteiger partial charge in [0.2, 0.25) is 11.8 Å². The molecule has 6 nitrogen and oxygen atoms in total. The number of ether oxygens (including phenoxy) is 2. The highest BCUT2D eigenvalue weighted by Crippen LogP contribution is 2.31. The van der Waals surface area contributed by atoms with Crippen molar-refractivity contribution < 1.29 is 19.1 Å². The number of methoxy groups -OCH3 is 2. The van der Waals surface area contributed by atoms with Crippen molar-refractivity contribution in [3.8, 4) is 11.5 Å². The van der Waals surface area contributed by atoms with Gasteiger partial charge < -0.3 is 19.3 Å². The highest BCUT2D eigenvalue weighted by Gasteiger charge is 2.37. The second-order valence-electron chi connectivity index (χ2n) is 7.67. The number of anilines is 1. The van der Waals surface area contributed by atoms with Crippen molar-refractivity contribution in [2.24, 2.45) is 5.92 Å². The molecular weight excluding hydrogens is 380 g/mol. The van der Waals surface area contributed by atoms with Crippen LogP contribution in [0.4, 0.5) is 5.69 Å². The molecule has 1 heterocycles. The topological polar surface area (TPSA) is 59.1 Å². The largest absolute Gasteiger partial charge is 0.493 e. The fourth-order valence-corrected chi connectivity index (χ4v) is 3.94. The third-order valence-electron chi connectivity index (χ3n) is 5.86. The second kappa shape index (κ2) is 9.20. The monoisotopic (exact) mass is 410 g/mol. The second-order valence-corrected chi connectivity index (χ2v) is 7.67. The van der Waals surface area contributed by atoms with Crippen LogP contribution in [0.2, 0.25) is 0 Å². The maximum absolute atomic E-state index is 13.2. The van der Waals surface area contributed by atoms with E-state index < -0.39 is 0 Å². The molecule has 2 amide bonds. The number of benzene rings is 2. The van der Waals surface area contributed by atoms with Gasteiger partial charge in [0.25, 0.3) is 0 Å². The van der Waals surface area contributed by atoms with E-state index in [2.05, 4.69) is 0 Å². The van der Waals surface area contributed by atoms with Gasteiger partial charge in [-0.1, -0.05) is 18.2 Å². The van der Waals surface area contributed by atoms with Crippen LogP contribution in [0, 0.1) is 19.8 Å². The van der Waals surface area contributed by atoms with Crippen LogP contribution in [0.5, 0.6) is 11.5 Å². The first kappa shape index (κ1) is 21.7. The highest BCUT2D eigenvalue weighted by atomic mass is 16.5. The minimum absolute atomic E-state index is 0.00391. The lowest BCUT2D eigenvalue weighted by atomic mass is 10.1. The molecule has 1 aliphatic heterocycles. The Kier molecular flexibility index (Phi) is 6.65. The van der Waals surface area contributed by atoms with Crippen molar-refractivity contribution in [2.45, 2.75) is 33.7 Å². The van der Waals surface area contributed by atoms with E-state index in [1.54, 1.807) is 24.0 Å². The number of aryl methyl sites for hydroxylation is 1. The summed E-state index contributed by atoms with van der Waals surface area (Å²) in [6.45, 7) is 7.46. The third-order valence-corrected chi connectivity index (χ3v) is 5.86. The van der Waals surface area contributed by atoms with Crippen LogP contribution in [0.1, 0.15) is 30.0 Å². The Balaban J connectivity index is 1.75. The number of nitrogens with zero attached hydrogens (tertiary/aromatic N) is 2. The molecule has 0 bridgehead atoms. The maximum atomic E-state index is 13.2. The summed E-state index contributed by atoms with van der Waals surface area (Å²) in [6.07, 6.45) is 0.245. The summed E-state index contributed by atoms with van der Waals surface area (Å²) in [5, 5.41) is 0. The van der Waals surface area contributed by atoms with Gasteiger partial charge >= 0.3 is 0 Å². The number of rotatable bonds is 7. The third kappa shape index (κ3) is 4.27. The summed E-state index contributed by atoms with van der Waals surface area (Å²) in [7, 11) is 3.19. The first-order valence-corrected chi connectivity index (χ1v) is 10.3. The van der Waals surface area contributed by atoms with Crippen LogP contribution >= 0.6 is 0 Å². The van der Waals surface area contributed by atoms with E-state index in [1.807, 2.05) is 57.2 Å². The zero-order valence-corrected chi connectivity index (χ0v) is 18.4. The minimum Gasteiger partial charge on any atom is -0.493 e. The van der Waals surface area contributed by atoms with Crippen molar-refractivity contribution >= 4 is 17.5 Å². The molecule has 0 radical (unpaired) electrons. The summed E-state index contributed by atoms with van der Waals surface area (Å²) >= 11 is 0. The Morgan fingerprint density at radius 1 is 1.13 bits per heavy atom. The van der Waals surface area contributed by atoms with Crippen LogP contribution in [0.15, 0.2) is 36.4 Å². The normalized spacial score (nSPS) is 16.0. The molecule has 2 aromatic rings. The Morgan fingerprint density at radius 3 is 2.53 bits per heavy atom. The average molecular weight is 411 g/mol. The van der Waals surface area contributed by atoms with E-state index in [9.17, 15) is 9.59 Å². The lowest BCUT2D eigenvalue weighted by Gasteiger charge is -2.25. The van der Waals surface area contributed by atoms with E-state index in [4.69, 9.17) is 9.47 Å². The van der Waals surface area contributed by atoms with E-state index in [0.717, 1.165) is 22.4 Å². The molecule has 6 heteroatoms. The number of carbonyl (C=O) groups excluding carboxylic acids is 2. The standard InChI is InChI=1S/C24H30N2O4/c1-6-25(14-18-10-11-21(29-4)22(12-18)30-5)24(28)19-13-23(27)26(15-19)20-9-7-8-16(2)17(20)3/h7-12,19H,6,13-15H2,1-5H3. The molecule has 30 heavy (non-hydrogen) atoms. The molecule has 0 N–H and O–H groups in total. The summed E-state index contributed by atoms with van der Waals surface area (Å²) in [5.74, 6) is 0.965.